The Morgan fingerprint density at radius 2 is 1.43 bits per heavy atom. The van der Waals surface area contributed by atoms with Crippen LogP contribution in [0.25, 0.3) is 5.57 Å². The van der Waals surface area contributed by atoms with E-state index in [2.05, 4.69) is 0 Å². The third-order valence-corrected chi connectivity index (χ3v) is 2.44. The lowest BCUT2D eigenvalue weighted by molar-refractivity contribution is -0.338. The van der Waals surface area contributed by atoms with Crippen LogP contribution in [0, 0.1) is 0 Å². The van der Waals surface area contributed by atoms with Crippen molar-refractivity contribution in [2.24, 2.45) is 0 Å². The first-order valence-electron chi connectivity index (χ1n) is 5.24. The van der Waals surface area contributed by atoms with Gasteiger partial charge < -0.3 is 5.11 Å². The summed E-state index contributed by atoms with van der Waals surface area (Å²) in [6.45, 7) is 0. The summed E-state index contributed by atoms with van der Waals surface area (Å²) in [5.74, 6) is -14.2. The molecule has 2 nitrogen and oxygen atoms in total. The number of alkyl halides is 7. The van der Waals surface area contributed by atoms with Crippen LogP contribution in [0.15, 0.2) is 36.4 Å². The average Bonchev–Trinajstić information content (AvgIpc) is 2.35. The first kappa shape index (κ1) is 17.0. The highest BCUT2D eigenvalue weighted by Crippen LogP contribution is 2.52. The van der Waals surface area contributed by atoms with Gasteiger partial charge in [-0.2, -0.15) is 30.7 Å². The molecule has 0 bridgehead atoms. The molecule has 0 radical (unpaired) electrons. The second-order valence-corrected chi connectivity index (χ2v) is 3.91. The van der Waals surface area contributed by atoms with Gasteiger partial charge in [0.05, 0.1) is 0 Å². The minimum atomic E-state index is -6.54. The van der Waals surface area contributed by atoms with Gasteiger partial charge in [0.2, 0.25) is 0 Å². The Hall–Kier alpha value is -2.06. The van der Waals surface area contributed by atoms with E-state index >= 15 is 0 Å². The van der Waals surface area contributed by atoms with Crippen molar-refractivity contribution in [2.75, 3.05) is 0 Å². The van der Waals surface area contributed by atoms with Crippen LogP contribution < -0.4 is 0 Å². The van der Waals surface area contributed by atoms with E-state index in [9.17, 15) is 35.5 Å². The number of carboxylic acid groups (broad SMARTS) is 1. The molecule has 0 aliphatic rings. The van der Waals surface area contributed by atoms with E-state index in [0.29, 0.717) is 0 Å². The van der Waals surface area contributed by atoms with Gasteiger partial charge in [-0.1, -0.05) is 30.3 Å². The number of benzene rings is 1. The van der Waals surface area contributed by atoms with Crippen LogP contribution in [0.4, 0.5) is 30.7 Å². The Labute approximate surface area is 113 Å². The largest absolute Gasteiger partial charge is 0.478 e. The molecule has 0 heterocycles. The maximum atomic E-state index is 13.6. The van der Waals surface area contributed by atoms with Gasteiger partial charge in [0.15, 0.2) is 0 Å². The molecule has 0 saturated carbocycles. The first-order chi connectivity index (χ1) is 9.41. The highest BCUT2D eigenvalue weighted by molar-refractivity contribution is 5.92. The maximum Gasteiger partial charge on any atom is 0.460 e. The van der Waals surface area contributed by atoms with Crippen LogP contribution >= 0.6 is 0 Å². The fourth-order valence-electron chi connectivity index (χ4n) is 1.44. The molecule has 0 atom stereocenters. The minimum Gasteiger partial charge on any atom is -0.478 e. The number of carbonyl (C=O) groups is 1. The molecule has 0 amide bonds. The Balaban J connectivity index is 3.50. The molecule has 0 fully saturated rings. The zero-order chi connectivity index (χ0) is 16.5. The van der Waals surface area contributed by atoms with E-state index in [4.69, 9.17) is 5.11 Å². The molecule has 1 rings (SSSR count). The number of allylic oxidation sites excluding steroid dienone is 1. The van der Waals surface area contributed by atoms with Gasteiger partial charge in [0.25, 0.3) is 0 Å². The van der Waals surface area contributed by atoms with Gasteiger partial charge in [0.1, 0.15) is 0 Å². The zero-order valence-corrected chi connectivity index (χ0v) is 9.97. The quantitative estimate of drug-likeness (QED) is 0.674. The lowest BCUT2D eigenvalue weighted by Crippen LogP contribution is -2.52. The monoisotopic (exact) mass is 316 g/mol. The van der Waals surface area contributed by atoms with Gasteiger partial charge in [-0.25, -0.2) is 4.79 Å². The van der Waals surface area contributed by atoms with Crippen LogP contribution in [0.3, 0.4) is 0 Å². The fraction of sp³-hybridized carbons (Fsp3) is 0.250. The minimum absolute atomic E-state index is 0.366. The zero-order valence-electron chi connectivity index (χ0n) is 9.97. The fourth-order valence-corrected chi connectivity index (χ4v) is 1.44. The van der Waals surface area contributed by atoms with Crippen molar-refractivity contribution in [3.8, 4) is 0 Å². The molecule has 0 aliphatic heterocycles. The number of hydrogen-bond acceptors (Lipinski definition) is 1. The summed E-state index contributed by atoms with van der Waals surface area (Å²) in [5, 5.41) is 8.44. The Morgan fingerprint density at radius 3 is 1.81 bits per heavy atom. The van der Waals surface area contributed by atoms with E-state index in [1.165, 1.54) is 6.07 Å². The highest BCUT2D eigenvalue weighted by Gasteiger charge is 2.74. The van der Waals surface area contributed by atoms with Gasteiger partial charge in [-0.3, -0.25) is 0 Å². The van der Waals surface area contributed by atoms with Crippen LogP contribution in [0.1, 0.15) is 5.56 Å². The van der Waals surface area contributed by atoms with Gasteiger partial charge in [-0.05, 0) is 5.56 Å². The predicted octanol–water partition coefficient (Wildman–Crippen LogP) is 3.99. The molecule has 116 valence electrons. The lowest BCUT2D eigenvalue weighted by atomic mass is 9.94. The Morgan fingerprint density at radius 1 is 0.952 bits per heavy atom. The number of halogens is 7. The molecule has 1 aromatic carbocycles. The molecule has 9 heteroatoms. The summed E-state index contributed by atoms with van der Waals surface area (Å²) < 4.78 is 89.6. The Kier molecular flexibility index (Phi) is 4.35. The smallest absolute Gasteiger partial charge is 0.460 e. The molecule has 21 heavy (non-hydrogen) atoms. The van der Waals surface area contributed by atoms with Crippen molar-refractivity contribution in [2.45, 2.75) is 18.0 Å². The lowest BCUT2D eigenvalue weighted by Gasteiger charge is -2.30. The van der Waals surface area contributed by atoms with Gasteiger partial charge in [-0.15, -0.1) is 0 Å². The summed E-state index contributed by atoms with van der Waals surface area (Å²) in [5.41, 5.74) is -2.69. The van der Waals surface area contributed by atoms with Gasteiger partial charge in [0, 0.05) is 11.6 Å². The average molecular weight is 316 g/mol. The van der Waals surface area contributed by atoms with Crippen LogP contribution in [-0.2, 0) is 4.79 Å². The standard InChI is InChI=1S/C12H7F7O2/c13-10(14,11(15,16)12(17,18)19)8(6-9(20)21)7-4-2-1-3-5-7/h1-6H,(H,20,21)/b8-6+. The first-order valence-corrected chi connectivity index (χ1v) is 5.24. The molecule has 0 saturated heterocycles. The molecule has 0 aromatic heterocycles. The second-order valence-electron chi connectivity index (χ2n) is 3.91. The highest BCUT2D eigenvalue weighted by atomic mass is 19.4. The van der Waals surface area contributed by atoms with Gasteiger partial charge >= 0.3 is 24.0 Å². The van der Waals surface area contributed by atoms with Crippen LogP contribution in [0.5, 0.6) is 0 Å². The summed E-state index contributed by atoms with van der Waals surface area (Å²) in [6, 6.07) is 5.08. The Bertz CT molecular complexity index is 546. The van der Waals surface area contributed by atoms with E-state index in [0.717, 1.165) is 24.3 Å². The molecule has 1 aromatic rings. The molecule has 0 spiro atoms. The van der Waals surface area contributed by atoms with Crippen LogP contribution in [0.2, 0.25) is 0 Å². The predicted molar refractivity (Wildman–Crippen MR) is 58.0 cm³/mol. The van der Waals surface area contributed by atoms with Crippen molar-refractivity contribution in [3.05, 3.63) is 42.0 Å². The summed E-state index contributed by atoms with van der Waals surface area (Å²) in [7, 11) is 0. The SMILES string of the molecule is O=C(O)/C=C(\c1ccccc1)C(F)(F)C(F)(F)C(F)(F)F. The van der Waals surface area contributed by atoms with E-state index < -0.39 is 35.1 Å². The van der Waals surface area contributed by atoms with Crippen molar-refractivity contribution < 1.29 is 40.6 Å². The van der Waals surface area contributed by atoms with E-state index in [1.54, 1.807) is 0 Å². The number of carboxylic acids is 1. The summed E-state index contributed by atoms with van der Waals surface area (Å²) in [6.07, 6.45) is -6.90. The number of hydrogen-bond donors (Lipinski definition) is 1. The third-order valence-electron chi connectivity index (χ3n) is 2.44. The normalized spacial score (nSPS) is 14.1. The van der Waals surface area contributed by atoms with Crippen molar-refractivity contribution in [1.29, 1.82) is 0 Å². The number of rotatable bonds is 4. The molecular formula is C12H7F7O2. The second kappa shape index (κ2) is 5.38. The topological polar surface area (TPSA) is 37.3 Å². The molecular weight excluding hydrogens is 309 g/mol. The molecule has 0 aliphatic carbocycles. The van der Waals surface area contributed by atoms with E-state index in [1.807, 2.05) is 0 Å². The van der Waals surface area contributed by atoms with Crippen LogP contribution in [-0.4, -0.2) is 29.1 Å². The van der Waals surface area contributed by atoms with E-state index in [-0.39, 0.29) is 6.08 Å². The summed E-state index contributed by atoms with van der Waals surface area (Å²) in [4.78, 5) is 10.5. The maximum absolute atomic E-state index is 13.6. The number of aliphatic carboxylic acids is 1. The van der Waals surface area contributed by atoms with Crippen molar-refractivity contribution in [1.82, 2.24) is 0 Å². The molecule has 1 N–H and O–H groups in total. The molecule has 0 unspecified atom stereocenters. The van der Waals surface area contributed by atoms with Crippen molar-refractivity contribution >= 4 is 11.5 Å². The third kappa shape index (κ3) is 3.17. The van der Waals surface area contributed by atoms with Crippen molar-refractivity contribution in [3.63, 3.8) is 0 Å². The summed E-state index contributed by atoms with van der Waals surface area (Å²) >= 11 is 0.